The molecule has 0 amide bonds. The molecule has 4 rings (SSSR count). The van der Waals surface area contributed by atoms with Gasteiger partial charge in [0.25, 0.3) is 0 Å². The van der Waals surface area contributed by atoms with Crippen LogP contribution < -0.4 is 4.90 Å². The quantitative estimate of drug-likeness (QED) is 0.487. The van der Waals surface area contributed by atoms with Crippen molar-refractivity contribution in [1.82, 2.24) is 4.90 Å². The summed E-state index contributed by atoms with van der Waals surface area (Å²) < 4.78 is 0. The lowest BCUT2D eigenvalue weighted by Crippen LogP contribution is -2.49. The Morgan fingerprint density at radius 1 is 0.867 bits per heavy atom. The van der Waals surface area contributed by atoms with Gasteiger partial charge in [-0.1, -0.05) is 77.3 Å². The summed E-state index contributed by atoms with van der Waals surface area (Å²) >= 11 is 18.8. The van der Waals surface area contributed by atoms with Crippen molar-refractivity contribution in [2.45, 2.75) is 12.1 Å². The molecule has 3 aromatic carbocycles. The largest absolute Gasteiger partial charge is 0.387 e. The Morgan fingerprint density at radius 3 is 2.27 bits per heavy atom. The summed E-state index contributed by atoms with van der Waals surface area (Å²) in [6, 6.07) is 23.4. The SMILES string of the molecule is O[C@H](CN1CCN(c2ccc(Cl)cc2Cl)[C@H](c2ccc(Cl)cc2)C1)c1ccccc1. The molecule has 3 aromatic rings. The molecule has 1 heterocycles. The van der Waals surface area contributed by atoms with Crippen LogP contribution in [0, 0.1) is 0 Å². The van der Waals surface area contributed by atoms with Gasteiger partial charge in [-0.25, -0.2) is 0 Å². The lowest BCUT2D eigenvalue weighted by Gasteiger charge is -2.44. The average Bonchev–Trinajstić information content (AvgIpc) is 2.75. The summed E-state index contributed by atoms with van der Waals surface area (Å²) in [5.41, 5.74) is 3.05. The van der Waals surface area contributed by atoms with Crippen molar-refractivity contribution in [1.29, 1.82) is 0 Å². The van der Waals surface area contributed by atoms with E-state index in [4.69, 9.17) is 34.8 Å². The van der Waals surface area contributed by atoms with Gasteiger partial charge in [-0.2, -0.15) is 0 Å². The molecule has 2 atom stereocenters. The third-order valence-electron chi connectivity index (χ3n) is 5.55. The number of benzene rings is 3. The Morgan fingerprint density at radius 2 is 1.57 bits per heavy atom. The van der Waals surface area contributed by atoms with E-state index < -0.39 is 6.10 Å². The van der Waals surface area contributed by atoms with Gasteiger partial charge in [0.15, 0.2) is 0 Å². The molecule has 1 aliphatic rings. The molecule has 0 saturated carbocycles. The van der Waals surface area contributed by atoms with Gasteiger partial charge in [-0.3, -0.25) is 4.90 Å². The minimum atomic E-state index is -0.525. The molecule has 0 spiro atoms. The molecule has 1 fully saturated rings. The Balaban J connectivity index is 1.59. The predicted molar refractivity (Wildman–Crippen MR) is 126 cm³/mol. The molecule has 156 valence electrons. The minimum Gasteiger partial charge on any atom is -0.387 e. The van der Waals surface area contributed by atoms with Crippen LogP contribution in [0.25, 0.3) is 0 Å². The molecule has 0 aliphatic carbocycles. The Labute approximate surface area is 192 Å². The lowest BCUT2D eigenvalue weighted by atomic mass is 10.0. The van der Waals surface area contributed by atoms with Crippen molar-refractivity contribution in [3.05, 3.63) is 99.0 Å². The van der Waals surface area contributed by atoms with Crippen molar-refractivity contribution in [3.63, 3.8) is 0 Å². The van der Waals surface area contributed by atoms with Crippen LogP contribution in [0.15, 0.2) is 72.8 Å². The van der Waals surface area contributed by atoms with Crippen LogP contribution >= 0.6 is 34.8 Å². The van der Waals surface area contributed by atoms with E-state index in [2.05, 4.69) is 21.9 Å². The molecule has 30 heavy (non-hydrogen) atoms. The van der Waals surface area contributed by atoms with E-state index in [1.165, 1.54) is 0 Å². The summed E-state index contributed by atoms with van der Waals surface area (Å²) in [4.78, 5) is 4.62. The zero-order valence-corrected chi connectivity index (χ0v) is 18.7. The van der Waals surface area contributed by atoms with E-state index in [9.17, 15) is 5.11 Å². The van der Waals surface area contributed by atoms with E-state index in [-0.39, 0.29) is 6.04 Å². The van der Waals surface area contributed by atoms with E-state index >= 15 is 0 Å². The first-order valence-corrected chi connectivity index (χ1v) is 11.1. The fourth-order valence-electron chi connectivity index (χ4n) is 4.00. The fourth-order valence-corrected chi connectivity index (χ4v) is 4.65. The van der Waals surface area contributed by atoms with Gasteiger partial charge >= 0.3 is 0 Å². The van der Waals surface area contributed by atoms with Gasteiger partial charge in [0.1, 0.15) is 0 Å². The highest BCUT2D eigenvalue weighted by molar-refractivity contribution is 6.36. The highest BCUT2D eigenvalue weighted by atomic mass is 35.5. The van der Waals surface area contributed by atoms with Crippen molar-refractivity contribution in [2.75, 3.05) is 31.1 Å². The van der Waals surface area contributed by atoms with Crippen molar-refractivity contribution < 1.29 is 5.11 Å². The van der Waals surface area contributed by atoms with Crippen molar-refractivity contribution >= 4 is 40.5 Å². The average molecular weight is 462 g/mol. The second-order valence-electron chi connectivity index (χ2n) is 7.54. The van der Waals surface area contributed by atoms with Crippen LogP contribution in [-0.4, -0.2) is 36.2 Å². The normalized spacial score (nSPS) is 18.4. The minimum absolute atomic E-state index is 0.0812. The topological polar surface area (TPSA) is 26.7 Å². The third kappa shape index (κ3) is 4.93. The molecule has 6 heteroatoms. The smallest absolute Gasteiger partial charge is 0.0916 e. The van der Waals surface area contributed by atoms with E-state index in [0.717, 1.165) is 36.4 Å². The number of β-amino-alcohol motifs (C(OH)–C–C–N with tert-alkyl or cyclic N) is 1. The zero-order valence-electron chi connectivity index (χ0n) is 16.4. The van der Waals surface area contributed by atoms with Gasteiger partial charge in [0.2, 0.25) is 0 Å². The van der Waals surface area contributed by atoms with E-state index in [0.29, 0.717) is 21.6 Å². The van der Waals surface area contributed by atoms with Gasteiger partial charge < -0.3 is 10.0 Å². The first-order chi connectivity index (χ1) is 14.5. The van der Waals surface area contributed by atoms with E-state index in [1.807, 2.05) is 54.6 Å². The Bertz CT molecular complexity index is 982. The van der Waals surface area contributed by atoms with Crippen LogP contribution in [0.5, 0.6) is 0 Å². The highest BCUT2D eigenvalue weighted by Crippen LogP contribution is 2.37. The van der Waals surface area contributed by atoms with Crippen LogP contribution in [0.1, 0.15) is 23.3 Å². The molecule has 1 aliphatic heterocycles. The number of rotatable bonds is 5. The Kier molecular flexibility index (Phi) is 6.87. The molecule has 1 saturated heterocycles. The number of halogens is 3. The van der Waals surface area contributed by atoms with E-state index in [1.54, 1.807) is 6.07 Å². The molecule has 0 bridgehead atoms. The van der Waals surface area contributed by atoms with Gasteiger partial charge in [0.05, 0.1) is 22.9 Å². The van der Waals surface area contributed by atoms with Crippen molar-refractivity contribution in [2.24, 2.45) is 0 Å². The Hall–Kier alpha value is -1.75. The summed E-state index contributed by atoms with van der Waals surface area (Å²) in [5.74, 6) is 0. The van der Waals surface area contributed by atoms with Crippen molar-refractivity contribution in [3.8, 4) is 0 Å². The molecule has 3 nitrogen and oxygen atoms in total. The second kappa shape index (κ2) is 9.59. The molecule has 0 unspecified atom stereocenters. The maximum atomic E-state index is 10.7. The second-order valence-corrected chi connectivity index (χ2v) is 8.82. The first-order valence-electron chi connectivity index (χ1n) is 9.94. The number of hydrogen-bond donors (Lipinski definition) is 1. The number of aliphatic hydroxyl groups is 1. The number of anilines is 1. The number of piperazine rings is 1. The number of hydrogen-bond acceptors (Lipinski definition) is 3. The number of aliphatic hydroxyl groups excluding tert-OH is 1. The lowest BCUT2D eigenvalue weighted by molar-refractivity contribution is 0.100. The molecule has 0 radical (unpaired) electrons. The maximum Gasteiger partial charge on any atom is 0.0916 e. The van der Waals surface area contributed by atoms with Gasteiger partial charge in [-0.15, -0.1) is 0 Å². The molecule has 1 N–H and O–H groups in total. The summed E-state index contributed by atoms with van der Waals surface area (Å²) in [7, 11) is 0. The molecule has 0 aromatic heterocycles. The van der Waals surface area contributed by atoms with Gasteiger partial charge in [0, 0.05) is 36.2 Å². The van der Waals surface area contributed by atoms with Crippen LogP contribution in [0.2, 0.25) is 15.1 Å². The predicted octanol–water partition coefficient (Wildman–Crippen LogP) is 6.24. The maximum absolute atomic E-state index is 10.7. The molecular weight excluding hydrogens is 439 g/mol. The summed E-state index contributed by atoms with van der Waals surface area (Å²) in [6.07, 6.45) is -0.525. The van der Waals surface area contributed by atoms with Gasteiger partial charge in [-0.05, 0) is 41.5 Å². The standard InChI is InChI=1S/C24H23Cl3N2O/c25-19-8-6-17(7-9-19)23-15-28(16-24(30)18-4-2-1-3-5-18)12-13-29(23)22-11-10-20(26)14-21(22)27/h1-11,14,23-24,30H,12-13,15-16H2/t23-,24+/m0/s1. The summed E-state index contributed by atoms with van der Waals surface area (Å²) in [5, 5.41) is 12.7. The van der Waals surface area contributed by atoms with Crippen LogP contribution in [-0.2, 0) is 0 Å². The first kappa shape index (κ1) is 21.5. The summed E-state index contributed by atoms with van der Waals surface area (Å²) in [6.45, 7) is 2.96. The zero-order chi connectivity index (χ0) is 21.1. The highest BCUT2D eigenvalue weighted by Gasteiger charge is 2.30. The number of nitrogens with zero attached hydrogens (tertiary/aromatic N) is 2. The fraction of sp³-hybridized carbons (Fsp3) is 0.250. The van der Waals surface area contributed by atoms with Crippen LogP contribution in [0.4, 0.5) is 5.69 Å². The molecular formula is C24H23Cl3N2O. The third-order valence-corrected chi connectivity index (χ3v) is 6.34. The monoisotopic (exact) mass is 460 g/mol. The van der Waals surface area contributed by atoms with Crippen LogP contribution in [0.3, 0.4) is 0 Å².